The van der Waals surface area contributed by atoms with Gasteiger partial charge >= 0.3 is 6.09 Å². The van der Waals surface area contributed by atoms with E-state index >= 15 is 0 Å². The van der Waals surface area contributed by atoms with E-state index in [2.05, 4.69) is 4.98 Å². The standard InChI is InChI=1S/C23H28F2N2O4/c1-23(2,3)19-9-14(6-8-27(19)22(28)29)13-31-21-17(24)10-16(11-18(21)25)15-5-7-26-20(12-15)30-4/h5,7,10-12,14,19H,6,8-9,13H2,1-4H3,(H,28,29). The summed E-state index contributed by atoms with van der Waals surface area (Å²) in [6.45, 7) is 6.46. The molecule has 2 atom stereocenters. The monoisotopic (exact) mass is 434 g/mol. The number of benzene rings is 1. The van der Waals surface area contributed by atoms with Crippen LogP contribution < -0.4 is 9.47 Å². The van der Waals surface area contributed by atoms with Crippen molar-refractivity contribution in [3.63, 3.8) is 0 Å². The molecular formula is C23H28F2N2O4. The highest BCUT2D eigenvalue weighted by Crippen LogP contribution is 2.36. The van der Waals surface area contributed by atoms with Gasteiger partial charge in [-0.1, -0.05) is 20.8 Å². The van der Waals surface area contributed by atoms with Crippen LogP contribution in [-0.2, 0) is 0 Å². The summed E-state index contributed by atoms with van der Waals surface area (Å²) in [6.07, 6.45) is 1.72. The van der Waals surface area contributed by atoms with Crippen LogP contribution in [0, 0.1) is 23.0 Å². The number of nitrogens with zero attached hydrogens (tertiary/aromatic N) is 2. The molecule has 1 aromatic carbocycles. The fourth-order valence-electron chi connectivity index (χ4n) is 4.01. The Bertz CT molecular complexity index is 922. The van der Waals surface area contributed by atoms with Crippen LogP contribution in [0.1, 0.15) is 33.6 Å². The van der Waals surface area contributed by atoms with Gasteiger partial charge in [0.2, 0.25) is 5.88 Å². The number of carbonyl (C=O) groups is 1. The number of rotatable bonds is 5. The Morgan fingerprint density at radius 1 is 1.23 bits per heavy atom. The number of hydrogen-bond donors (Lipinski definition) is 1. The minimum atomic E-state index is -0.945. The summed E-state index contributed by atoms with van der Waals surface area (Å²) < 4.78 is 39.9. The maximum atomic E-state index is 14.7. The van der Waals surface area contributed by atoms with E-state index in [0.29, 0.717) is 36.4 Å². The van der Waals surface area contributed by atoms with E-state index in [1.54, 1.807) is 12.1 Å². The molecule has 1 fully saturated rings. The van der Waals surface area contributed by atoms with E-state index in [4.69, 9.17) is 9.47 Å². The van der Waals surface area contributed by atoms with Gasteiger partial charge in [0.25, 0.3) is 0 Å². The van der Waals surface area contributed by atoms with Crippen molar-refractivity contribution in [3.05, 3.63) is 42.1 Å². The highest BCUT2D eigenvalue weighted by molar-refractivity contribution is 5.66. The van der Waals surface area contributed by atoms with Crippen LogP contribution in [0.3, 0.4) is 0 Å². The number of ether oxygens (including phenoxy) is 2. The second-order valence-electron chi connectivity index (χ2n) is 8.92. The molecule has 1 aromatic heterocycles. The lowest BCUT2D eigenvalue weighted by atomic mass is 9.77. The average Bonchev–Trinajstić information content (AvgIpc) is 2.72. The van der Waals surface area contributed by atoms with Crippen molar-refractivity contribution in [3.8, 4) is 22.8 Å². The van der Waals surface area contributed by atoms with E-state index in [-0.39, 0.29) is 24.0 Å². The first-order valence-corrected chi connectivity index (χ1v) is 10.2. The average molecular weight is 434 g/mol. The summed E-state index contributed by atoms with van der Waals surface area (Å²) >= 11 is 0. The van der Waals surface area contributed by atoms with E-state index in [1.165, 1.54) is 30.3 Å². The first kappa shape index (κ1) is 22.8. The van der Waals surface area contributed by atoms with Crippen molar-refractivity contribution in [2.24, 2.45) is 11.3 Å². The van der Waals surface area contributed by atoms with E-state index in [0.717, 1.165) is 0 Å². The number of methoxy groups -OCH3 is 1. The quantitative estimate of drug-likeness (QED) is 0.699. The predicted molar refractivity (Wildman–Crippen MR) is 112 cm³/mol. The number of halogens is 2. The molecule has 1 amide bonds. The minimum Gasteiger partial charge on any atom is -0.487 e. The van der Waals surface area contributed by atoms with Gasteiger partial charge in [0, 0.05) is 24.8 Å². The van der Waals surface area contributed by atoms with Crippen molar-refractivity contribution in [2.75, 3.05) is 20.3 Å². The summed E-state index contributed by atoms with van der Waals surface area (Å²) in [5.74, 6) is -1.65. The lowest BCUT2D eigenvalue weighted by molar-refractivity contribution is 0.0295. The number of piperidine rings is 1. The fourth-order valence-corrected chi connectivity index (χ4v) is 4.01. The number of aromatic nitrogens is 1. The van der Waals surface area contributed by atoms with Gasteiger partial charge in [-0.15, -0.1) is 0 Å². The SMILES string of the molecule is COc1cc(-c2cc(F)c(OCC3CCN(C(=O)O)C(C(C)(C)C)C3)c(F)c2)ccn1. The van der Waals surface area contributed by atoms with Crippen molar-refractivity contribution >= 4 is 6.09 Å². The van der Waals surface area contributed by atoms with Crippen molar-refractivity contribution < 1.29 is 28.2 Å². The van der Waals surface area contributed by atoms with Gasteiger partial charge in [0.05, 0.1) is 13.7 Å². The maximum absolute atomic E-state index is 14.7. The molecule has 0 bridgehead atoms. The van der Waals surface area contributed by atoms with E-state index in [9.17, 15) is 18.7 Å². The van der Waals surface area contributed by atoms with Crippen LogP contribution in [0.2, 0.25) is 0 Å². The number of carboxylic acid groups (broad SMARTS) is 1. The van der Waals surface area contributed by atoms with Crippen molar-refractivity contribution in [2.45, 2.75) is 39.7 Å². The molecule has 0 radical (unpaired) electrons. The van der Waals surface area contributed by atoms with E-state index < -0.39 is 23.5 Å². The summed E-state index contributed by atoms with van der Waals surface area (Å²) in [4.78, 5) is 17.0. The summed E-state index contributed by atoms with van der Waals surface area (Å²) in [5.41, 5.74) is 0.678. The minimum absolute atomic E-state index is 0.00256. The molecule has 31 heavy (non-hydrogen) atoms. The number of likely N-dealkylation sites (tertiary alicyclic amines) is 1. The molecule has 6 nitrogen and oxygen atoms in total. The molecule has 1 saturated heterocycles. The molecule has 2 aromatic rings. The van der Waals surface area contributed by atoms with Gasteiger partial charge < -0.3 is 19.5 Å². The van der Waals surface area contributed by atoms with Crippen LogP contribution in [-0.4, -0.2) is 47.4 Å². The molecule has 3 rings (SSSR count). The van der Waals surface area contributed by atoms with Gasteiger partial charge in [-0.05, 0) is 53.5 Å². The lowest BCUT2D eigenvalue weighted by Gasteiger charge is -2.44. The van der Waals surface area contributed by atoms with Gasteiger partial charge in [-0.2, -0.15) is 0 Å². The topological polar surface area (TPSA) is 71.9 Å². The second kappa shape index (κ2) is 9.08. The van der Waals surface area contributed by atoms with Gasteiger partial charge in [0.1, 0.15) is 0 Å². The smallest absolute Gasteiger partial charge is 0.407 e. The number of hydrogen-bond acceptors (Lipinski definition) is 4. The Morgan fingerprint density at radius 3 is 2.48 bits per heavy atom. The second-order valence-corrected chi connectivity index (χ2v) is 8.92. The summed E-state index contributed by atoms with van der Waals surface area (Å²) in [7, 11) is 1.47. The molecule has 0 saturated carbocycles. The van der Waals surface area contributed by atoms with Gasteiger partial charge in [-0.25, -0.2) is 18.6 Å². The molecule has 1 aliphatic heterocycles. The van der Waals surface area contributed by atoms with Crippen molar-refractivity contribution in [1.29, 1.82) is 0 Å². The Balaban J connectivity index is 1.72. The van der Waals surface area contributed by atoms with Crippen molar-refractivity contribution in [1.82, 2.24) is 9.88 Å². The molecule has 1 aliphatic rings. The zero-order valence-electron chi connectivity index (χ0n) is 18.2. The Labute approximate surface area is 180 Å². The third-order valence-corrected chi connectivity index (χ3v) is 5.70. The maximum Gasteiger partial charge on any atom is 0.407 e. The molecule has 168 valence electrons. The van der Waals surface area contributed by atoms with Gasteiger partial charge in [-0.3, -0.25) is 0 Å². The fraction of sp³-hybridized carbons (Fsp3) is 0.478. The van der Waals surface area contributed by atoms with Gasteiger partial charge in [0.15, 0.2) is 17.4 Å². The van der Waals surface area contributed by atoms with Crippen LogP contribution >= 0.6 is 0 Å². The largest absolute Gasteiger partial charge is 0.487 e. The number of pyridine rings is 1. The third kappa shape index (κ3) is 5.24. The van der Waals surface area contributed by atoms with Crippen LogP contribution in [0.25, 0.3) is 11.1 Å². The van der Waals surface area contributed by atoms with Crippen LogP contribution in [0.4, 0.5) is 13.6 Å². The Kier molecular flexibility index (Phi) is 6.67. The molecule has 1 N–H and O–H groups in total. The zero-order chi connectivity index (χ0) is 22.8. The lowest BCUT2D eigenvalue weighted by Crippen LogP contribution is -2.52. The normalized spacial score (nSPS) is 19.2. The van der Waals surface area contributed by atoms with Crippen LogP contribution in [0.15, 0.2) is 30.5 Å². The predicted octanol–water partition coefficient (Wildman–Crippen LogP) is 5.22. The number of amides is 1. The first-order valence-electron chi connectivity index (χ1n) is 10.2. The zero-order valence-corrected chi connectivity index (χ0v) is 18.2. The molecule has 2 unspecified atom stereocenters. The Morgan fingerprint density at radius 2 is 1.90 bits per heavy atom. The third-order valence-electron chi connectivity index (χ3n) is 5.70. The molecule has 8 heteroatoms. The molecular weight excluding hydrogens is 406 g/mol. The molecule has 0 aliphatic carbocycles. The molecule has 2 heterocycles. The molecule has 0 spiro atoms. The highest BCUT2D eigenvalue weighted by atomic mass is 19.1. The first-order chi connectivity index (χ1) is 14.6. The van der Waals surface area contributed by atoms with E-state index in [1.807, 2.05) is 20.8 Å². The highest BCUT2D eigenvalue weighted by Gasteiger charge is 2.38. The van der Waals surface area contributed by atoms with Crippen LogP contribution in [0.5, 0.6) is 11.6 Å². The summed E-state index contributed by atoms with van der Waals surface area (Å²) in [5, 5.41) is 9.48. The summed E-state index contributed by atoms with van der Waals surface area (Å²) in [6, 6.07) is 5.49. The Hall–Kier alpha value is -2.90.